The Bertz CT molecular complexity index is 360. The molecule has 0 aromatic heterocycles. The van der Waals surface area contributed by atoms with E-state index in [0.717, 1.165) is 6.07 Å². The number of rotatable bonds is 1. The van der Waals surface area contributed by atoms with Crippen LogP contribution >= 0.6 is 11.8 Å². The smallest absolute Gasteiger partial charge is 0.412 e. The van der Waals surface area contributed by atoms with Gasteiger partial charge in [-0.1, -0.05) is 47.1 Å². The monoisotopic (exact) mass is 314 g/mol. The van der Waals surface area contributed by atoms with Crippen molar-refractivity contribution in [3.05, 3.63) is 29.8 Å². The summed E-state index contributed by atoms with van der Waals surface area (Å²) in [6.07, 6.45) is -3.01. The van der Waals surface area contributed by atoms with Crippen LogP contribution in [0.1, 0.15) is 46.6 Å². The lowest BCUT2D eigenvalue weighted by Crippen LogP contribution is -2.08. The van der Waals surface area contributed by atoms with Crippen molar-refractivity contribution in [1.29, 1.82) is 0 Å². The van der Waals surface area contributed by atoms with Gasteiger partial charge in [0, 0.05) is 9.64 Å². The largest absolute Gasteiger partial charge is 0.416 e. The third-order valence-electron chi connectivity index (χ3n) is 1.59. The van der Waals surface area contributed by atoms with Crippen molar-refractivity contribution in [2.24, 2.45) is 0 Å². The zero-order valence-corrected chi connectivity index (χ0v) is 13.4. The van der Waals surface area contributed by atoms with Gasteiger partial charge in [-0.05, 0) is 18.2 Å². The van der Waals surface area contributed by atoms with E-state index in [0.29, 0.717) is 4.90 Å². The molecule has 0 aliphatic carbocycles. The minimum atomic E-state index is -4.26. The van der Waals surface area contributed by atoms with Gasteiger partial charge in [-0.15, -0.1) is 11.8 Å². The second-order valence-electron chi connectivity index (χ2n) is 4.95. The maximum absolute atomic E-state index is 12.4. The van der Waals surface area contributed by atoms with Crippen LogP contribution in [0, 0.1) is 0 Å². The average molecular weight is 314 g/mol. The summed E-state index contributed by atoms with van der Waals surface area (Å²) in [5.41, 5.74) is -0.586. The Hall–Kier alpha value is -0.720. The van der Waals surface area contributed by atoms with Gasteiger partial charge in [0.2, 0.25) is 0 Å². The van der Waals surface area contributed by atoms with Crippen molar-refractivity contribution in [2.75, 3.05) is 0 Å². The Morgan fingerprint density at radius 2 is 1.45 bits per heavy atom. The molecule has 0 atom stereocenters. The first kappa shape index (κ1) is 24.3. The molecule has 0 aliphatic rings. The van der Waals surface area contributed by atoms with E-state index in [1.54, 1.807) is 6.07 Å². The summed E-state index contributed by atoms with van der Waals surface area (Å²) in [6, 6.07) is 5.42. The fourth-order valence-electron chi connectivity index (χ4n) is 1.09. The van der Waals surface area contributed by atoms with Crippen molar-refractivity contribution in [1.82, 2.24) is 0 Å². The molecule has 0 heterocycles. The lowest BCUT2D eigenvalue weighted by atomic mass is 10.2. The summed E-state index contributed by atoms with van der Waals surface area (Å²) >= 11 is 1.43. The van der Waals surface area contributed by atoms with Crippen molar-refractivity contribution < 1.29 is 24.1 Å². The molecule has 0 saturated carbocycles. The van der Waals surface area contributed by atoms with Crippen molar-refractivity contribution in [3.8, 4) is 0 Å². The van der Waals surface area contributed by atoms with E-state index in [1.165, 1.54) is 30.3 Å². The quantitative estimate of drug-likeness (QED) is 0.710. The molecule has 0 radical (unpaired) electrons. The molecule has 0 saturated heterocycles. The van der Waals surface area contributed by atoms with Gasteiger partial charge in [-0.25, -0.2) is 0 Å². The lowest BCUT2D eigenvalue weighted by molar-refractivity contribution is -0.137. The highest BCUT2D eigenvalue weighted by molar-refractivity contribution is 8.00. The Labute approximate surface area is 123 Å². The van der Waals surface area contributed by atoms with Crippen LogP contribution in [0.2, 0.25) is 0 Å². The van der Waals surface area contributed by atoms with Crippen LogP contribution in [0.3, 0.4) is 0 Å². The van der Waals surface area contributed by atoms with E-state index >= 15 is 0 Å². The van der Waals surface area contributed by atoms with Crippen LogP contribution < -0.4 is 0 Å². The SMILES string of the molecule is CC(C)(C)Sc1cccc(C(F)(F)F)c1.CCC.O.O. The maximum Gasteiger partial charge on any atom is 0.416 e. The summed E-state index contributed by atoms with van der Waals surface area (Å²) in [5, 5.41) is 0. The molecule has 1 aromatic carbocycles. The Morgan fingerprint density at radius 3 is 1.80 bits per heavy atom. The van der Waals surface area contributed by atoms with E-state index in [1.807, 2.05) is 20.8 Å². The molecule has 0 amide bonds. The molecular formula is C14H25F3O2S. The van der Waals surface area contributed by atoms with Gasteiger partial charge in [0.25, 0.3) is 0 Å². The molecular weight excluding hydrogens is 289 g/mol. The van der Waals surface area contributed by atoms with E-state index in [4.69, 9.17) is 0 Å². The van der Waals surface area contributed by atoms with Crippen LogP contribution in [0.25, 0.3) is 0 Å². The van der Waals surface area contributed by atoms with Gasteiger partial charge in [-0.3, -0.25) is 0 Å². The molecule has 0 fully saturated rings. The van der Waals surface area contributed by atoms with E-state index < -0.39 is 11.7 Å². The third-order valence-corrected chi connectivity index (χ3v) is 2.69. The molecule has 0 aliphatic heterocycles. The fraction of sp³-hybridized carbons (Fsp3) is 0.571. The third kappa shape index (κ3) is 11.1. The summed E-state index contributed by atoms with van der Waals surface area (Å²) in [4.78, 5) is 0.650. The molecule has 1 rings (SSSR count). The van der Waals surface area contributed by atoms with Gasteiger partial charge in [0.05, 0.1) is 5.56 Å². The second-order valence-corrected chi connectivity index (χ2v) is 6.85. The number of benzene rings is 1. The molecule has 120 valence electrons. The fourth-order valence-corrected chi connectivity index (χ4v) is 2.13. The van der Waals surface area contributed by atoms with Crippen LogP contribution in [-0.4, -0.2) is 15.7 Å². The minimum Gasteiger partial charge on any atom is -0.412 e. The number of hydrogen-bond acceptors (Lipinski definition) is 1. The summed E-state index contributed by atoms with van der Waals surface area (Å²) < 4.78 is 37.1. The van der Waals surface area contributed by atoms with Crippen molar-refractivity contribution >= 4 is 11.8 Å². The van der Waals surface area contributed by atoms with Crippen molar-refractivity contribution in [3.63, 3.8) is 0 Å². The highest BCUT2D eigenvalue weighted by Gasteiger charge is 2.30. The van der Waals surface area contributed by atoms with Gasteiger partial charge >= 0.3 is 6.18 Å². The molecule has 6 heteroatoms. The van der Waals surface area contributed by atoms with E-state index in [2.05, 4.69) is 13.8 Å². The zero-order valence-electron chi connectivity index (χ0n) is 12.6. The first-order valence-electron chi connectivity index (χ1n) is 5.96. The normalized spacial score (nSPS) is 10.6. The summed E-state index contributed by atoms with van der Waals surface area (Å²) in [5.74, 6) is 0. The maximum atomic E-state index is 12.4. The van der Waals surface area contributed by atoms with Crippen molar-refractivity contribution in [2.45, 2.75) is 56.9 Å². The van der Waals surface area contributed by atoms with Gasteiger partial charge in [0.1, 0.15) is 0 Å². The molecule has 0 spiro atoms. The van der Waals surface area contributed by atoms with Crippen LogP contribution in [-0.2, 0) is 6.18 Å². The minimum absolute atomic E-state index is 0. The molecule has 1 aromatic rings. The second kappa shape index (κ2) is 10.1. The first-order chi connectivity index (χ1) is 8.10. The standard InChI is InChI=1S/C11H13F3S.C3H8.2H2O/c1-10(2,3)15-9-6-4-5-8(7-9)11(12,13)14;1-3-2;;/h4-7H,1-3H3;3H2,1-2H3;2*1H2. The summed E-state index contributed by atoms with van der Waals surface area (Å²) in [7, 11) is 0. The Balaban J connectivity index is -0.000000530. The molecule has 20 heavy (non-hydrogen) atoms. The van der Waals surface area contributed by atoms with Gasteiger partial charge < -0.3 is 11.0 Å². The zero-order chi connectivity index (χ0) is 14.4. The predicted octanol–water partition coefficient (Wildman–Crippen LogP) is 4.36. The van der Waals surface area contributed by atoms with Crippen LogP contribution in [0.15, 0.2) is 29.2 Å². The Morgan fingerprint density at radius 1 is 1.00 bits per heavy atom. The Kier molecular flexibility index (Phi) is 12.2. The van der Waals surface area contributed by atoms with Crippen LogP contribution in [0.5, 0.6) is 0 Å². The van der Waals surface area contributed by atoms with E-state index in [-0.39, 0.29) is 15.7 Å². The number of halogens is 3. The summed E-state index contributed by atoms with van der Waals surface area (Å²) in [6.45, 7) is 10.2. The highest BCUT2D eigenvalue weighted by atomic mass is 32.2. The predicted molar refractivity (Wildman–Crippen MR) is 80.2 cm³/mol. The molecule has 0 bridgehead atoms. The molecule has 2 nitrogen and oxygen atoms in total. The molecule has 4 N–H and O–H groups in total. The topological polar surface area (TPSA) is 63.0 Å². The first-order valence-corrected chi connectivity index (χ1v) is 6.78. The van der Waals surface area contributed by atoms with Gasteiger partial charge in [0.15, 0.2) is 0 Å². The molecule has 0 unspecified atom stereocenters. The number of hydrogen-bond donors (Lipinski definition) is 0. The van der Waals surface area contributed by atoms with Crippen LogP contribution in [0.4, 0.5) is 13.2 Å². The van der Waals surface area contributed by atoms with Gasteiger partial charge in [-0.2, -0.15) is 13.2 Å². The number of thioether (sulfide) groups is 1. The average Bonchev–Trinajstić information content (AvgIpc) is 2.15. The highest BCUT2D eigenvalue weighted by Crippen LogP contribution is 2.36. The number of alkyl halides is 3. The van der Waals surface area contributed by atoms with E-state index in [9.17, 15) is 13.2 Å². The lowest BCUT2D eigenvalue weighted by Gasteiger charge is -2.18.